The maximum atomic E-state index is 12.9. The van der Waals surface area contributed by atoms with E-state index in [2.05, 4.69) is 6.58 Å². The number of esters is 2. The molecule has 0 saturated carbocycles. The van der Waals surface area contributed by atoms with E-state index in [1.54, 1.807) is 44.2 Å². The van der Waals surface area contributed by atoms with Gasteiger partial charge in [0.15, 0.2) is 11.6 Å². The fraction of sp³-hybridized carbons (Fsp3) is 0.333. The van der Waals surface area contributed by atoms with Gasteiger partial charge in [0.1, 0.15) is 17.2 Å². The first-order valence-electron chi connectivity index (χ1n) is 16.6. The highest BCUT2D eigenvalue weighted by atomic mass is 16.7. The summed E-state index contributed by atoms with van der Waals surface area (Å²) >= 11 is 0. The van der Waals surface area contributed by atoms with Crippen LogP contribution in [0.4, 0.5) is 9.59 Å². The van der Waals surface area contributed by atoms with Crippen LogP contribution < -0.4 is 14.2 Å². The fourth-order valence-electron chi connectivity index (χ4n) is 4.48. The zero-order chi connectivity index (χ0) is 37.0. The van der Waals surface area contributed by atoms with E-state index in [4.69, 9.17) is 28.4 Å². The van der Waals surface area contributed by atoms with Gasteiger partial charge in [-0.15, -0.1) is 0 Å². The van der Waals surface area contributed by atoms with Gasteiger partial charge in [-0.05, 0) is 111 Å². The molecule has 3 aromatic carbocycles. The summed E-state index contributed by atoms with van der Waals surface area (Å²) in [5.41, 5.74) is 2.01. The van der Waals surface area contributed by atoms with Gasteiger partial charge in [0.2, 0.25) is 0 Å². The third kappa shape index (κ3) is 14.7. The molecule has 0 atom stereocenters. The van der Waals surface area contributed by atoms with E-state index in [-0.39, 0.29) is 60.8 Å². The summed E-state index contributed by atoms with van der Waals surface area (Å²) < 4.78 is 30.8. The number of carbonyl (C=O) groups is 6. The standard InChI is InChI=1S/C39H42O12/c1-4-31(40)11-7-6-8-23-47-38(44)49-32-17-13-29(14-18-32)34(41)26-28-12-21-35(27(3)25-28)51-37(43)30-15-19-33(20-16-30)50-39(45)48-24-10-9-22-46-36(42)5-2/h4,12-21,25H,1,5-11,22-24,26H2,2-3H3. The molecule has 0 unspecified atom stereocenters. The number of allylic oxidation sites excluding steroid dienone is 1. The average molecular weight is 703 g/mol. The Bertz CT molecular complexity index is 1660. The van der Waals surface area contributed by atoms with Crippen LogP contribution in [0.15, 0.2) is 79.4 Å². The normalized spacial score (nSPS) is 10.4. The molecule has 270 valence electrons. The van der Waals surface area contributed by atoms with Crippen LogP contribution in [0.3, 0.4) is 0 Å². The van der Waals surface area contributed by atoms with Gasteiger partial charge in [0, 0.05) is 24.8 Å². The van der Waals surface area contributed by atoms with Crippen molar-refractivity contribution >= 4 is 35.8 Å². The molecule has 3 rings (SSSR count). The Hall–Kier alpha value is -5.78. The largest absolute Gasteiger partial charge is 0.513 e. The molecule has 12 nitrogen and oxygen atoms in total. The molecule has 0 aliphatic rings. The molecular weight excluding hydrogens is 660 g/mol. The molecule has 0 bridgehead atoms. The zero-order valence-electron chi connectivity index (χ0n) is 28.8. The monoisotopic (exact) mass is 702 g/mol. The number of aryl methyl sites for hydroxylation is 1. The lowest BCUT2D eigenvalue weighted by atomic mass is 10.0. The predicted molar refractivity (Wildman–Crippen MR) is 185 cm³/mol. The van der Waals surface area contributed by atoms with Crippen LogP contribution in [-0.4, -0.2) is 55.6 Å². The predicted octanol–water partition coefficient (Wildman–Crippen LogP) is 7.72. The number of ketones is 2. The van der Waals surface area contributed by atoms with Gasteiger partial charge in [-0.3, -0.25) is 14.4 Å². The van der Waals surface area contributed by atoms with Crippen LogP contribution in [0.2, 0.25) is 0 Å². The van der Waals surface area contributed by atoms with Gasteiger partial charge >= 0.3 is 24.2 Å². The van der Waals surface area contributed by atoms with Gasteiger partial charge in [0.05, 0.1) is 25.4 Å². The first kappa shape index (κ1) is 39.7. The molecule has 3 aromatic rings. The van der Waals surface area contributed by atoms with Crippen molar-refractivity contribution in [2.45, 2.75) is 65.2 Å². The molecule has 0 fully saturated rings. The van der Waals surface area contributed by atoms with Crippen molar-refractivity contribution in [3.8, 4) is 17.2 Å². The molecule has 0 amide bonds. The second-order valence-electron chi connectivity index (χ2n) is 11.3. The molecule has 0 heterocycles. The van der Waals surface area contributed by atoms with E-state index in [0.29, 0.717) is 61.0 Å². The van der Waals surface area contributed by atoms with E-state index >= 15 is 0 Å². The third-order valence-corrected chi connectivity index (χ3v) is 7.30. The highest BCUT2D eigenvalue weighted by molar-refractivity contribution is 5.97. The molecule has 51 heavy (non-hydrogen) atoms. The molecule has 0 spiro atoms. The average Bonchev–Trinajstić information content (AvgIpc) is 3.12. The summed E-state index contributed by atoms with van der Waals surface area (Å²) in [4.78, 5) is 71.8. The van der Waals surface area contributed by atoms with Crippen molar-refractivity contribution in [3.63, 3.8) is 0 Å². The number of benzene rings is 3. The summed E-state index contributed by atoms with van der Waals surface area (Å²) in [6, 6.07) is 17.0. The Morgan fingerprint density at radius 1 is 0.647 bits per heavy atom. The van der Waals surface area contributed by atoms with Crippen LogP contribution >= 0.6 is 0 Å². The molecule has 0 radical (unpaired) electrons. The Morgan fingerprint density at radius 3 is 1.75 bits per heavy atom. The van der Waals surface area contributed by atoms with Crippen molar-refractivity contribution in [2.24, 2.45) is 0 Å². The molecule has 0 aromatic heterocycles. The highest BCUT2D eigenvalue weighted by Gasteiger charge is 2.15. The van der Waals surface area contributed by atoms with E-state index in [9.17, 15) is 28.8 Å². The number of hydrogen-bond donors (Lipinski definition) is 0. The second kappa shape index (κ2) is 21.3. The molecule has 0 aliphatic carbocycles. The van der Waals surface area contributed by atoms with E-state index < -0.39 is 18.3 Å². The molecule has 12 heteroatoms. The van der Waals surface area contributed by atoms with Crippen molar-refractivity contribution in [3.05, 3.63) is 102 Å². The number of rotatable bonds is 20. The number of ether oxygens (including phenoxy) is 6. The summed E-state index contributed by atoms with van der Waals surface area (Å²) in [5.74, 6) is -0.348. The van der Waals surface area contributed by atoms with Gasteiger partial charge in [0.25, 0.3) is 0 Å². The smallest absolute Gasteiger partial charge is 0.466 e. The SMILES string of the molecule is C=CC(=O)CCCCCOC(=O)Oc1ccc(C(=O)Cc2ccc(OC(=O)c3ccc(OC(=O)OCCCCOC(=O)CC)cc3)c(C)c2)cc1. The minimum atomic E-state index is -0.896. The number of carbonyl (C=O) groups excluding carboxylic acids is 6. The van der Waals surface area contributed by atoms with Crippen LogP contribution in [0.25, 0.3) is 0 Å². The number of hydrogen-bond acceptors (Lipinski definition) is 12. The summed E-state index contributed by atoms with van der Waals surface area (Å²) in [7, 11) is 0. The minimum Gasteiger partial charge on any atom is -0.466 e. The Balaban J connectivity index is 1.40. The van der Waals surface area contributed by atoms with Gasteiger partial charge < -0.3 is 28.4 Å². The van der Waals surface area contributed by atoms with Crippen LogP contribution in [0.5, 0.6) is 17.2 Å². The number of unbranched alkanes of at least 4 members (excludes halogenated alkanes) is 3. The third-order valence-electron chi connectivity index (χ3n) is 7.30. The molecular formula is C39H42O12. The Morgan fingerprint density at radius 2 is 1.20 bits per heavy atom. The summed E-state index contributed by atoms with van der Waals surface area (Å²) in [6.07, 6.45) is 3.44. The maximum Gasteiger partial charge on any atom is 0.513 e. The highest BCUT2D eigenvalue weighted by Crippen LogP contribution is 2.23. The van der Waals surface area contributed by atoms with Gasteiger partial charge in [-0.2, -0.15) is 0 Å². The lowest BCUT2D eigenvalue weighted by Gasteiger charge is -2.10. The van der Waals surface area contributed by atoms with Crippen molar-refractivity contribution in [1.82, 2.24) is 0 Å². The van der Waals surface area contributed by atoms with Crippen LogP contribution in [0.1, 0.15) is 83.7 Å². The Kier molecular flexibility index (Phi) is 16.6. The van der Waals surface area contributed by atoms with Crippen molar-refractivity contribution in [2.75, 3.05) is 19.8 Å². The van der Waals surface area contributed by atoms with E-state index in [1.165, 1.54) is 42.5 Å². The van der Waals surface area contributed by atoms with Crippen LogP contribution in [0, 0.1) is 6.92 Å². The van der Waals surface area contributed by atoms with Crippen LogP contribution in [-0.2, 0) is 30.2 Å². The summed E-state index contributed by atoms with van der Waals surface area (Å²) in [5, 5.41) is 0. The Labute approximate surface area is 296 Å². The summed E-state index contributed by atoms with van der Waals surface area (Å²) in [6.45, 7) is 7.42. The van der Waals surface area contributed by atoms with Gasteiger partial charge in [-0.25, -0.2) is 14.4 Å². The number of Topliss-reactive ketones (excluding diaryl/α,β-unsaturated/α-hetero) is 1. The molecule has 0 aliphatic heterocycles. The zero-order valence-corrected chi connectivity index (χ0v) is 28.8. The molecule has 0 N–H and O–H groups in total. The topological polar surface area (TPSA) is 158 Å². The molecule has 0 saturated heterocycles. The maximum absolute atomic E-state index is 12.9. The van der Waals surface area contributed by atoms with E-state index in [1.807, 2.05) is 0 Å². The first-order valence-corrected chi connectivity index (χ1v) is 16.6. The van der Waals surface area contributed by atoms with Crippen molar-refractivity contribution in [1.29, 1.82) is 0 Å². The van der Waals surface area contributed by atoms with Crippen molar-refractivity contribution < 1.29 is 57.2 Å². The quantitative estimate of drug-likeness (QED) is 0.0215. The fourth-order valence-corrected chi connectivity index (χ4v) is 4.48. The first-order chi connectivity index (χ1) is 24.6. The minimum absolute atomic E-state index is 0.0148. The lowest BCUT2D eigenvalue weighted by molar-refractivity contribution is -0.143. The van der Waals surface area contributed by atoms with E-state index in [0.717, 1.165) is 6.42 Å². The second-order valence-corrected chi connectivity index (χ2v) is 11.3. The lowest BCUT2D eigenvalue weighted by Crippen LogP contribution is -2.13. The van der Waals surface area contributed by atoms with Gasteiger partial charge in [-0.1, -0.05) is 25.6 Å².